The number of likely N-dealkylation sites (N-methyl/N-ethyl adjacent to an activating group) is 1. The average Bonchev–Trinajstić information content (AvgIpc) is 2.50. The molecule has 112 valence electrons. The maximum absolute atomic E-state index is 3.54. The van der Waals surface area contributed by atoms with E-state index in [1.807, 2.05) is 0 Å². The summed E-state index contributed by atoms with van der Waals surface area (Å²) in [6, 6.07) is 11.5. The van der Waals surface area contributed by atoms with Crippen molar-refractivity contribution in [2.24, 2.45) is 5.41 Å². The number of hydrogen-bond donors (Lipinski definition) is 1. The van der Waals surface area contributed by atoms with Crippen molar-refractivity contribution in [2.45, 2.75) is 46.1 Å². The van der Waals surface area contributed by atoms with Crippen LogP contribution in [0.3, 0.4) is 0 Å². The lowest BCUT2D eigenvalue weighted by atomic mass is 9.78. The molecule has 20 heavy (non-hydrogen) atoms. The molecule has 2 rings (SSSR count). The normalized spacial score (nSPS) is 20.8. The Bertz CT molecular complexity index is 380. The van der Waals surface area contributed by atoms with Crippen LogP contribution in [0.4, 0.5) is 0 Å². The Hall–Kier alpha value is -0.860. The van der Waals surface area contributed by atoms with E-state index >= 15 is 0 Å². The highest BCUT2D eigenvalue weighted by molar-refractivity contribution is 5.19. The van der Waals surface area contributed by atoms with Gasteiger partial charge in [0.15, 0.2) is 0 Å². The van der Waals surface area contributed by atoms with Crippen LogP contribution < -0.4 is 5.32 Å². The monoisotopic (exact) mass is 274 g/mol. The van der Waals surface area contributed by atoms with E-state index in [9.17, 15) is 0 Å². The quantitative estimate of drug-likeness (QED) is 0.847. The number of hydrogen-bond acceptors (Lipinski definition) is 2. The Morgan fingerprint density at radius 1 is 1.15 bits per heavy atom. The molecular formula is C18H30N2. The lowest BCUT2D eigenvalue weighted by Gasteiger charge is -2.42. The molecule has 2 heteroatoms. The van der Waals surface area contributed by atoms with Crippen molar-refractivity contribution < 1.29 is 0 Å². The van der Waals surface area contributed by atoms with Crippen molar-refractivity contribution in [1.29, 1.82) is 0 Å². The molecule has 0 radical (unpaired) electrons. The number of rotatable bonds is 6. The van der Waals surface area contributed by atoms with Gasteiger partial charge in [0.25, 0.3) is 0 Å². The zero-order chi connectivity index (χ0) is 14.4. The third-order valence-electron chi connectivity index (χ3n) is 5.07. The molecule has 1 N–H and O–H groups in total. The second-order valence-corrected chi connectivity index (χ2v) is 6.43. The van der Waals surface area contributed by atoms with Gasteiger partial charge in [-0.1, -0.05) is 57.5 Å². The molecule has 0 spiro atoms. The molecule has 1 heterocycles. The number of nitrogens with zero attached hydrogens (tertiary/aromatic N) is 1. The van der Waals surface area contributed by atoms with Crippen molar-refractivity contribution >= 4 is 0 Å². The Morgan fingerprint density at radius 2 is 1.80 bits per heavy atom. The van der Waals surface area contributed by atoms with Crippen molar-refractivity contribution in [1.82, 2.24) is 10.2 Å². The molecule has 0 amide bonds. The van der Waals surface area contributed by atoms with Crippen molar-refractivity contribution in [2.75, 3.05) is 26.2 Å². The molecule has 1 aromatic rings. The van der Waals surface area contributed by atoms with E-state index in [2.05, 4.69) is 61.3 Å². The van der Waals surface area contributed by atoms with Gasteiger partial charge in [-0.25, -0.2) is 0 Å². The number of piperidine rings is 1. The molecule has 0 saturated carbocycles. The van der Waals surface area contributed by atoms with Gasteiger partial charge in [0.1, 0.15) is 0 Å². The first-order valence-corrected chi connectivity index (χ1v) is 8.18. The summed E-state index contributed by atoms with van der Waals surface area (Å²) in [4.78, 5) is 2.68. The predicted molar refractivity (Wildman–Crippen MR) is 86.9 cm³/mol. The Kier molecular flexibility index (Phi) is 5.62. The summed E-state index contributed by atoms with van der Waals surface area (Å²) in [5.74, 6) is 0. The summed E-state index contributed by atoms with van der Waals surface area (Å²) in [6.07, 6.45) is 3.97. The molecular weight excluding hydrogens is 244 g/mol. The van der Waals surface area contributed by atoms with Gasteiger partial charge in [-0.05, 0) is 43.5 Å². The van der Waals surface area contributed by atoms with E-state index in [-0.39, 0.29) is 0 Å². The summed E-state index contributed by atoms with van der Waals surface area (Å²) in [7, 11) is 0. The Balaban J connectivity index is 2.05. The number of benzene rings is 1. The summed E-state index contributed by atoms with van der Waals surface area (Å²) < 4.78 is 0. The fourth-order valence-electron chi connectivity index (χ4n) is 3.14. The van der Waals surface area contributed by atoms with E-state index < -0.39 is 0 Å². The van der Waals surface area contributed by atoms with Crippen LogP contribution in [0.1, 0.15) is 51.6 Å². The molecule has 0 aromatic heterocycles. The minimum absolute atomic E-state index is 0.526. The van der Waals surface area contributed by atoms with Crippen LogP contribution in [-0.2, 0) is 0 Å². The molecule has 1 aliphatic rings. The van der Waals surface area contributed by atoms with Crippen LogP contribution in [-0.4, -0.2) is 31.1 Å². The van der Waals surface area contributed by atoms with E-state index in [0.717, 1.165) is 13.1 Å². The van der Waals surface area contributed by atoms with Gasteiger partial charge in [-0.2, -0.15) is 0 Å². The fourth-order valence-corrected chi connectivity index (χ4v) is 3.14. The van der Waals surface area contributed by atoms with Crippen LogP contribution in [0.15, 0.2) is 30.3 Å². The van der Waals surface area contributed by atoms with Gasteiger partial charge < -0.3 is 5.32 Å². The number of likely N-dealkylation sites (tertiary alicyclic amines) is 1. The standard InChI is InChI=1S/C18H30N2/c1-4-18(3)11-13-20(14-12-18)17(15-19-5-2)16-9-7-6-8-10-16/h6-10,17,19H,4-5,11-15H2,1-3H3. The van der Waals surface area contributed by atoms with E-state index in [1.54, 1.807) is 0 Å². The van der Waals surface area contributed by atoms with Crippen LogP contribution in [0.2, 0.25) is 0 Å². The second kappa shape index (κ2) is 7.24. The lowest BCUT2D eigenvalue weighted by molar-refractivity contribution is 0.0799. The zero-order valence-corrected chi connectivity index (χ0v) is 13.4. The highest BCUT2D eigenvalue weighted by Gasteiger charge is 2.31. The molecule has 1 saturated heterocycles. The first-order chi connectivity index (χ1) is 9.68. The maximum atomic E-state index is 3.54. The van der Waals surface area contributed by atoms with E-state index in [1.165, 1.54) is 37.9 Å². The van der Waals surface area contributed by atoms with Crippen LogP contribution in [0.5, 0.6) is 0 Å². The minimum Gasteiger partial charge on any atom is -0.315 e. The zero-order valence-electron chi connectivity index (χ0n) is 13.4. The maximum Gasteiger partial charge on any atom is 0.0472 e. The third kappa shape index (κ3) is 3.83. The van der Waals surface area contributed by atoms with E-state index in [0.29, 0.717) is 11.5 Å². The summed E-state index contributed by atoms with van der Waals surface area (Å²) in [5, 5.41) is 3.54. The average molecular weight is 274 g/mol. The van der Waals surface area contributed by atoms with Gasteiger partial charge in [0, 0.05) is 12.6 Å². The van der Waals surface area contributed by atoms with Crippen LogP contribution in [0.25, 0.3) is 0 Å². The molecule has 1 atom stereocenters. The van der Waals surface area contributed by atoms with Crippen molar-refractivity contribution in [3.8, 4) is 0 Å². The highest BCUT2D eigenvalue weighted by Crippen LogP contribution is 2.36. The Morgan fingerprint density at radius 3 is 2.35 bits per heavy atom. The topological polar surface area (TPSA) is 15.3 Å². The van der Waals surface area contributed by atoms with Gasteiger partial charge in [-0.3, -0.25) is 4.90 Å². The van der Waals surface area contributed by atoms with Crippen molar-refractivity contribution in [3.63, 3.8) is 0 Å². The lowest BCUT2D eigenvalue weighted by Crippen LogP contribution is -2.43. The van der Waals surface area contributed by atoms with Crippen molar-refractivity contribution in [3.05, 3.63) is 35.9 Å². The predicted octanol–water partition coefficient (Wildman–Crippen LogP) is 3.85. The van der Waals surface area contributed by atoms with Gasteiger partial charge in [-0.15, -0.1) is 0 Å². The van der Waals surface area contributed by atoms with E-state index in [4.69, 9.17) is 0 Å². The van der Waals surface area contributed by atoms with Crippen LogP contribution >= 0.6 is 0 Å². The smallest absolute Gasteiger partial charge is 0.0472 e. The molecule has 1 aliphatic heterocycles. The Labute approximate surface area is 124 Å². The largest absolute Gasteiger partial charge is 0.315 e. The molecule has 1 aromatic carbocycles. The number of nitrogens with one attached hydrogen (secondary N) is 1. The van der Waals surface area contributed by atoms with Gasteiger partial charge in [0.2, 0.25) is 0 Å². The molecule has 0 aliphatic carbocycles. The highest BCUT2D eigenvalue weighted by atomic mass is 15.2. The van der Waals surface area contributed by atoms with Gasteiger partial charge in [0.05, 0.1) is 0 Å². The second-order valence-electron chi connectivity index (χ2n) is 6.43. The summed E-state index contributed by atoms with van der Waals surface area (Å²) in [6.45, 7) is 11.5. The third-order valence-corrected chi connectivity index (χ3v) is 5.07. The fraction of sp³-hybridized carbons (Fsp3) is 0.667. The first-order valence-electron chi connectivity index (χ1n) is 8.18. The molecule has 1 fully saturated rings. The molecule has 0 bridgehead atoms. The minimum atomic E-state index is 0.526. The van der Waals surface area contributed by atoms with Gasteiger partial charge >= 0.3 is 0 Å². The van der Waals surface area contributed by atoms with Crippen LogP contribution in [0, 0.1) is 5.41 Å². The molecule has 2 nitrogen and oxygen atoms in total. The SMILES string of the molecule is CCNCC(c1ccccc1)N1CCC(C)(CC)CC1. The molecule has 1 unspecified atom stereocenters. The summed E-state index contributed by atoms with van der Waals surface area (Å²) >= 11 is 0. The first kappa shape index (κ1) is 15.5. The summed E-state index contributed by atoms with van der Waals surface area (Å²) in [5.41, 5.74) is 2.02.